The van der Waals surface area contributed by atoms with Crippen LogP contribution in [0.15, 0.2) is 30.4 Å². The number of carbonyl (C=O) groups excluding carboxylic acids is 4. The number of aliphatic carboxylic acids is 1. The molecule has 1 fully saturated rings. The number of imide groups is 1. The molecule has 5 N–H and O–H groups in total. The highest BCUT2D eigenvalue weighted by Crippen LogP contribution is 2.29. The van der Waals surface area contributed by atoms with Gasteiger partial charge in [0, 0.05) is 37.2 Å². The van der Waals surface area contributed by atoms with Crippen molar-refractivity contribution in [3.8, 4) is 5.75 Å². The molecule has 236 valence electrons. The van der Waals surface area contributed by atoms with Gasteiger partial charge in [-0.2, -0.15) is 0 Å². The molecular weight excluding hydrogens is 568 g/mol. The van der Waals surface area contributed by atoms with E-state index >= 15 is 0 Å². The minimum Gasteiger partial charge on any atom is -0.479 e. The maximum Gasteiger partial charge on any atom is 0.335 e. The molecule has 1 saturated heterocycles. The van der Waals surface area contributed by atoms with Crippen LogP contribution in [-0.4, -0.2) is 98.8 Å². The molecule has 43 heavy (non-hydrogen) atoms. The summed E-state index contributed by atoms with van der Waals surface area (Å²) in [6, 6.07) is 5.11. The first-order valence-electron chi connectivity index (χ1n) is 14.1. The Morgan fingerprint density at radius 1 is 1.00 bits per heavy atom. The number of carboxylic acid groups (broad SMARTS) is 1. The van der Waals surface area contributed by atoms with Crippen LogP contribution in [0.2, 0.25) is 0 Å². The van der Waals surface area contributed by atoms with Crippen molar-refractivity contribution in [3.63, 3.8) is 0 Å². The summed E-state index contributed by atoms with van der Waals surface area (Å²) in [4.78, 5) is 59.6. The van der Waals surface area contributed by atoms with Crippen molar-refractivity contribution in [3.05, 3.63) is 41.5 Å². The van der Waals surface area contributed by atoms with Crippen molar-refractivity contribution in [2.75, 3.05) is 13.1 Å². The Hall–Kier alpha value is -3.85. The van der Waals surface area contributed by atoms with Crippen LogP contribution in [0, 0.1) is 5.92 Å². The average Bonchev–Trinajstić information content (AvgIpc) is 3.29. The van der Waals surface area contributed by atoms with E-state index in [1.165, 1.54) is 12.2 Å². The van der Waals surface area contributed by atoms with Gasteiger partial charge in [0.1, 0.15) is 30.7 Å². The summed E-state index contributed by atoms with van der Waals surface area (Å²) < 4.78 is 16.3. The number of hydrogen-bond acceptors (Lipinski definition) is 11. The number of nitrogens with one attached hydrogen (secondary N) is 1. The van der Waals surface area contributed by atoms with Crippen LogP contribution in [0.4, 0.5) is 0 Å². The zero-order valence-electron chi connectivity index (χ0n) is 24.0. The molecule has 0 aromatic heterocycles. The Kier molecular flexibility index (Phi) is 12.2. The lowest BCUT2D eigenvalue weighted by atomic mass is 9.99. The molecule has 14 nitrogen and oxygen atoms in total. The Morgan fingerprint density at radius 2 is 1.70 bits per heavy atom. The predicted octanol–water partition coefficient (Wildman–Crippen LogP) is -0.199. The highest BCUT2D eigenvalue weighted by molar-refractivity contribution is 6.13. The van der Waals surface area contributed by atoms with Gasteiger partial charge in [0.2, 0.25) is 12.2 Å². The third kappa shape index (κ3) is 9.32. The van der Waals surface area contributed by atoms with Crippen LogP contribution >= 0.6 is 0 Å². The highest BCUT2D eigenvalue weighted by Gasteiger charge is 2.48. The van der Waals surface area contributed by atoms with E-state index < -0.39 is 54.5 Å². The van der Waals surface area contributed by atoms with E-state index in [9.17, 15) is 44.4 Å². The van der Waals surface area contributed by atoms with E-state index in [-0.39, 0.29) is 37.1 Å². The summed E-state index contributed by atoms with van der Waals surface area (Å²) in [5.74, 6) is -3.35. The van der Waals surface area contributed by atoms with Crippen LogP contribution in [-0.2, 0) is 46.5 Å². The van der Waals surface area contributed by atoms with Gasteiger partial charge in [0.05, 0.1) is 5.92 Å². The van der Waals surface area contributed by atoms with Crippen molar-refractivity contribution in [1.29, 1.82) is 0 Å². The number of unbranched alkanes of at least 4 members (excludes halogenated alkanes) is 2. The van der Waals surface area contributed by atoms with Gasteiger partial charge in [0.15, 0.2) is 6.10 Å². The maximum atomic E-state index is 12.0. The number of amides is 3. The SMILES string of the molecule is CC(C)C(=O)OCc1ccc(CCCCCNC(=O)CCN2C(=O)C=CC2=O)cc1O[C@@H]1O[C@H](C(=O)O)[C@@H](O)[C@H](O)[C@H]1O. The van der Waals surface area contributed by atoms with Gasteiger partial charge in [-0.05, 0) is 30.9 Å². The summed E-state index contributed by atoms with van der Waals surface area (Å²) in [5, 5.41) is 42.6. The van der Waals surface area contributed by atoms with E-state index in [1.807, 2.05) is 0 Å². The number of aliphatic hydroxyl groups excluding tert-OH is 3. The number of carboxylic acids is 1. The van der Waals surface area contributed by atoms with Gasteiger partial charge in [-0.15, -0.1) is 0 Å². The smallest absolute Gasteiger partial charge is 0.335 e. The quantitative estimate of drug-likeness (QED) is 0.0999. The number of carbonyl (C=O) groups is 5. The minimum absolute atomic E-state index is 0.0172. The maximum absolute atomic E-state index is 12.0. The zero-order chi connectivity index (χ0) is 31.7. The fourth-order valence-corrected chi connectivity index (χ4v) is 4.39. The molecule has 2 aliphatic rings. The number of rotatable bonds is 15. The molecule has 5 atom stereocenters. The van der Waals surface area contributed by atoms with Gasteiger partial charge in [-0.25, -0.2) is 4.79 Å². The Bertz CT molecular complexity index is 1200. The minimum atomic E-state index is -1.87. The van der Waals surface area contributed by atoms with Crippen molar-refractivity contribution >= 4 is 29.7 Å². The molecule has 3 amide bonds. The van der Waals surface area contributed by atoms with E-state index in [2.05, 4.69) is 5.32 Å². The fraction of sp³-hybridized carbons (Fsp3) is 0.552. The first kappa shape index (κ1) is 33.6. The molecule has 0 unspecified atom stereocenters. The van der Waals surface area contributed by atoms with Crippen molar-refractivity contribution in [2.45, 2.75) is 83.3 Å². The monoisotopic (exact) mass is 606 g/mol. The van der Waals surface area contributed by atoms with Crippen molar-refractivity contribution < 1.29 is 58.6 Å². The highest BCUT2D eigenvalue weighted by atomic mass is 16.7. The zero-order valence-corrected chi connectivity index (χ0v) is 24.0. The summed E-state index contributed by atoms with van der Waals surface area (Å²) in [6.45, 7) is 3.63. The van der Waals surface area contributed by atoms with Gasteiger partial charge >= 0.3 is 11.9 Å². The fourth-order valence-electron chi connectivity index (χ4n) is 4.39. The Morgan fingerprint density at radius 3 is 2.35 bits per heavy atom. The normalized spacial score (nSPS) is 23.5. The molecule has 2 aliphatic heterocycles. The predicted molar refractivity (Wildman–Crippen MR) is 147 cm³/mol. The molecule has 14 heteroatoms. The van der Waals surface area contributed by atoms with Crippen LogP contribution in [0.25, 0.3) is 0 Å². The average molecular weight is 607 g/mol. The number of aliphatic hydroxyl groups is 3. The first-order valence-corrected chi connectivity index (χ1v) is 14.1. The van der Waals surface area contributed by atoms with E-state index in [0.29, 0.717) is 24.9 Å². The van der Waals surface area contributed by atoms with Crippen molar-refractivity contribution in [1.82, 2.24) is 10.2 Å². The third-order valence-electron chi connectivity index (χ3n) is 6.96. The van der Waals surface area contributed by atoms with Crippen LogP contribution in [0.1, 0.15) is 50.7 Å². The molecule has 0 radical (unpaired) electrons. The van der Waals surface area contributed by atoms with Crippen LogP contribution < -0.4 is 10.1 Å². The number of benzene rings is 1. The number of esters is 1. The van der Waals surface area contributed by atoms with Crippen LogP contribution in [0.5, 0.6) is 5.75 Å². The number of hydrogen-bond donors (Lipinski definition) is 5. The van der Waals surface area contributed by atoms with Crippen molar-refractivity contribution in [2.24, 2.45) is 5.92 Å². The lowest BCUT2D eigenvalue weighted by Gasteiger charge is -2.38. The number of nitrogens with zero attached hydrogens (tertiary/aromatic N) is 1. The molecule has 0 saturated carbocycles. The van der Waals surface area contributed by atoms with Crippen LogP contribution in [0.3, 0.4) is 0 Å². The topological polar surface area (TPSA) is 209 Å². The second kappa shape index (κ2) is 15.6. The third-order valence-corrected chi connectivity index (χ3v) is 6.96. The molecule has 3 rings (SSSR count). The van der Waals surface area contributed by atoms with Gasteiger partial charge in [0.25, 0.3) is 11.8 Å². The Balaban J connectivity index is 1.54. The molecule has 1 aromatic rings. The number of aryl methyl sites for hydroxylation is 1. The Labute approximate surface area is 248 Å². The standard InChI is InChI=1S/C29H38N2O12/c1-16(2)28(40)41-15-18-8-7-17(14-19(18)42-29-25(37)23(35)24(36)26(43-29)27(38)39)6-4-3-5-12-30-20(32)11-13-31-21(33)9-10-22(31)34/h7-10,14,16,23-26,29,35-37H,3-6,11-13,15H2,1-2H3,(H,30,32)(H,38,39)/t23-,24-,25+,26-,29+/m0/s1. The molecule has 1 aromatic carbocycles. The molecule has 2 heterocycles. The van der Waals surface area contributed by atoms with Gasteiger partial charge < -0.3 is 40.0 Å². The van der Waals surface area contributed by atoms with E-state index in [1.54, 1.807) is 32.0 Å². The molecular formula is C29H38N2O12. The second-order valence-corrected chi connectivity index (χ2v) is 10.6. The first-order chi connectivity index (χ1) is 20.4. The summed E-state index contributed by atoms with van der Waals surface area (Å²) in [5.41, 5.74) is 1.23. The molecule has 0 spiro atoms. The summed E-state index contributed by atoms with van der Waals surface area (Å²) >= 11 is 0. The largest absolute Gasteiger partial charge is 0.479 e. The van der Waals surface area contributed by atoms with Gasteiger partial charge in [-0.1, -0.05) is 32.4 Å². The summed E-state index contributed by atoms with van der Waals surface area (Å²) in [6.07, 6.45) is -3.82. The lowest BCUT2D eigenvalue weighted by Crippen LogP contribution is -2.61. The summed E-state index contributed by atoms with van der Waals surface area (Å²) in [7, 11) is 0. The van der Waals surface area contributed by atoms with E-state index in [0.717, 1.165) is 23.3 Å². The second-order valence-electron chi connectivity index (χ2n) is 10.6. The number of ether oxygens (including phenoxy) is 3. The van der Waals surface area contributed by atoms with E-state index in [4.69, 9.17) is 14.2 Å². The lowest BCUT2D eigenvalue weighted by molar-refractivity contribution is -0.271. The molecule has 0 bridgehead atoms. The molecule has 0 aliphatic carbocycles. The van der Waals surface area contributed by atoms with Gasteiger partial charge in [-0.3, -0.25) is 24.1 Å².